The van der Waals surface area contributed by atoms with E-state index in [1.54, 1.807) is 0 Å². The first-order valence-electron chi connectivity index (χ1n) is 28.2. The third-order valence-corrected chi connectivity index (χ3v) is 12.9. The Morgan fingerprint density at radius 1 is 0.438 bits per heavy atom. The van der Waals surface area contributed by atoms with Gasteiger partial charge in [0.15, 0.2) is 0 Å². The van der Waals surface area contributed by atoms with Crippen LogP contribution in [0.1, 0.15) is 296 Å². The van der Waals surface area contributed by atoms with Crippen molar-refractivity contribution in [1.29, 1.82) is 0 Å². The van der Waals surface area contributed by atoms with E-state index < -0.39 is 12.1 Å². The molecule has 0 saturated heterocycles. The number of amides is 1. The molecule has 0 aromatic heterocycles. The summed E-state index contributed by atoms with van der Waals surface area (Å²) in [7, 11) is 0. The monoisotopic (exact) mass is 900 g/mol. The second-order valence-corrected chi connectivity index (χ2v) is 19.3. The molecule has 2 atom stereocenters. The molecule has 3 N–H and O–H groups in total. The molecule has 0 aromatic carbocycles. The standard InChI is InChI=1S/C58H109NO5/c1-3-5-7-9-11-13-15-17-19-21-23-25-27-29-31-34-38-42-46-50-56(61)55(54-60)59-57(62)51-47-43-39-35-33-37-41-45-49-53-64-58(63)52-48-44-40-36-32-30-28-26-24-22-20-18-16-14-12-10-8-6-4-2/h12,14,18,20,35,39,55-56,60-61H,3-11,13,15-17,19,21-34,36-38,40-54H2,1-2H3,(H,59,62)/b14-12-,20-18-,39-35-. The zero-order valence-corrected chi connectivity index (χ0v) is 42.8. The van der Waals surface area contributed by atoms with Crippen LogP contribution in [0.25, 0.3) is 0 Å². The van der Waals surface area contributed by atoms with E-state index in [-0.39, 0.29) is 18.5 Å². The molecule has 376 valence electrons. The SMILES string of the molecule is CCCCC/C=C\C/C=C\CCCCCCCCCCCC(=O)OCCCCCC/C=C\CCCC(=O)NC(CO)C(O)CCCCCCCCCCCCCCCCCCCCC. The van der Waals surface area contributed by atoms with Crippen LogP contribution in [-0.4, -0.2) is 47.4 Å². The zero-order valence-electron chi connectivity index (χ0n) is 42.8. The van der Waals surface area contributed by atoms with Crippen LogP contribution in [0.5, 0.6) is 0 Å². The number of carbonyl (C=O) groups excluding carboxylic acids is 2. The van der Waals surface area contributed by atoms with Crippen LogP contribution in [0.15, 0.2) is 36.5 Å². The van der Waals surface area contributed by atoms with Gasteiger partial charge in [-0.3, -0.25) is 9.59 Å². The van der Waals surface area contributed by atoms with E-state index in [9.17, 15) is 19.8 Å². The molecule has 0 bridgehead atoms. The molecule has 0 radical (unpaired) electrons. The summed E-state index contributed by atoms with van der Waals surface area (Å²) in [4.78, 5) is 24.5. The van der Waals surface area contributed by atoms with Gasteiger partial charge in [0.25, 0.3) is 0 Å². The topological polar surface area (TPSA) is 95.9 Å². The van der Waals surface area contributed by atoms with E-state index in [0.29, 0.717) is 25.9 Å². The number of hydrogen-bond acceptors (Lipinski definition) is 5. The number of allylic oxidation sites excluding steroid dienone is 6. The summed E-state index contributed by atoms with van der Waals surface area (Å²) in [6, 6.07) is -0.581. The Morgan fingerprint density at radius 3 is 1.27 bits per heavy atom. The number of carbonyl (C=O) groups is 2. The number of aliphatic hydroxyl groups is 2. The maximum Gasteiger partial charge on any atom is 0.305 e. The molecule has 0 saturated carbocycles. The first kappa shape index (κ1) is 62.1. The number of hydrogen-bond donors (Lipinski definition) is 3. The fourth-order valence-electron chi connectivity index (χ4n) is 8.56. The van der Waals surface area contributed by atoms with Crippen molar-refractivity contribution in [2.75, 3.05) is 13.2 Å². The Morgan fingerprint density at radius 2 is 0.797 bits per heavy atom. The molecule has 0 aliphatic carbocycles. The van der Waals surface area contributed by atoms with Gasteiger partial charge in [-0.15, -0.1) is 0 Å². The van der Waals surface area contributed by atoms with E-state index in [1.807, 2.05) is 0 Å². The molecular weight excluding hydrogens is 791 g/mol. The highest BCUT2D eigenvalue weighted by Crippen LogP contribution is 2.17. The van der Waals surface area contributed by atoms with Gasteiger partial charge in [-0.2, -0.15) is 0 Å². The van der Waals surface area contributed by atoms with Gasteiger partial charge in [-0.05, 0) is 77.0 Å². The van der Waals surface area contributed by atoms with Gasteiger partial charge in [-0.25, -0.2) is 0 Å². The molecule has 1 amide bonds. The summed E-state index contributed by atoms with van der Waals surface area (Å²) < 4.78 is 5.46. The largest absolute Gasteiger partial charge is 0.466 e. The first-order chi connectivity index (χ1) is 31.5. The van der Waals surface area contributed by atoms with Crippen molar-refractivity contribution in [1.82, 2.24) is 5.32 Å². The minimum atomic E-state index is -0.697. The van der Waals surface area contributed by atoms with E-state index in [0.717, 1.165) is 77.0 Å². The van der Waals surface area contributed by atoms with Crippen molar-refractivity contribution < 1.29 is 24.5 Å². The number of rotatable bonds is 52. The molecule has 6 heteroatoms. The molecule has 0 fully saturated rings. The maximum absolute atomic E-state index is 12.5. The predicted molar refractivity (Wildman–Crippen MR) is 278 cm³/mol. The molecule has 6 nitrogen and oxygen atoms in total. The lowest BCUT2D eigenvalue weighted by atomic mass is 10.0. The van der Waals surface area contributed by atoms with Crippen molar-refractivity contribution >= 4 is 11.9 Å². The van der Waals surface area contributed by atoms with Crippen LogP contribution >= 0.6 is 0 Å². The van der Waals surface area contributed by atoms with Crippen molar-refractivity contribution in [3.05, 3.63) is 36.5 Å². The summed E-state index contributed by atoms with van der Waals surface area (Å²) in [6.07, 6.45) is 65.6. The van der Waals surface area contributed by atoms with E-state index in [2.05, 4.69) is 55.6 Å². The second kappa shape index (κ2) is 53.7. The molecule has 0 aliphatic rings. The third-order valence-electron chi connectivity index (χ3n) is 12.9. The van der Waals surface area contributed by atoms with Gasteiger partial charge in [0.05, 0.1) is 25.4 Å². The van der Waals surface area contributed by atoms with Crippen molar-refractivity contribution in [3.8, 4) is 0 Å². The number of ether oxygens (including phenoxy) is 1. The minimum Gasteiger partial charge on any atom is -0.466 e. The number of aliphatic hydroxyl groups excluding tert-OH is 2. The highest BCUT2D eigenvalue weighted by atomic mass is 16.5. The molecule has 0 aromatic rings. The lowest BCUT2D eigenvalue weighted by molar-refractivity contribution is -0.143. The molecule has 64 heavy (non-hydrogen) atoms. The zero-order chi connectivity index (χ0) is 46.5. The van der Waals surface area contributed by atoms with Gasteiger partial charge in [-0.1, -0.05) is 243 Å². The van der Waals surface area contributed by atoms with Crippen LogP contribution in [0, 0.1) is 0 Å². The van der Waals surface area contributed by atoms with E-state index in [1.165, 1.54) is 186 Å². The van der Waals surface area contributed by atoms with Crippen LogP contribution in [0.3, 0.4) is 0 Å². The minimum absolute atomic E-state index is 0.0391. The van der Waals surface area contributed by atoms with Gasteiger partial charge in [0, 0.05) is 12.8 Å². The predicted octanol–water partition coefficient (Wildman–Crippen LogP) is 17.2. The number of esters is 1. The summed E-state index contributed by atoms with van der Waals surface area (Å²) >= 11 is 0. The summed E-state index contributed by atoms with van der Waals surface area (Å²) in [5, 5.41) is 23.2. The molecular formula is C58H109NO5. The van der Waals surface area contributed by atoms with Crippen molar-refractivity contribution in [3.63, 3.8) is 0 Å². The van der Waals surface area contributed by atoms with Crippen LogP contribution < -0.4 is 5.32 Å². The van der Waals surface area contributed by atoms with Crippen molar-refractivity contribution in [2.24, 2.45) is 0 Å². The van der Waals surface area contributed by atoms with Gasteiger partial charge in [0.2, 0.25) is 5.91 Å². The molecule has 2 unspecified atom stereocenters. The van der Waals surface area contributed by atoms with Crippen LogP contribution in [0.4, 0.5) is 0 Å². The lowest BCUT2D eigenvalue weighted by Gasteiger charge is -2.22. The fourth-order valence-corrected chi connectivity index (χ4v) is 8.56. The van der Waals surface area contributed by atoms with Crippen molar-refractivity contribution in [2.45, 2.75) is 309 Å². The van der Waals surface area contributed by atoms with E-state index in [4.69, 9.17) is 4.74 Å². The smallest absolute Gasteiger partial charge is 0.305 e. The van der Waals surface area contributed by atoms with Gasteiger partial charge in [0.1, 0.15) is 0 Å². The molecule has 0 spiro atoms. The normalized spacial score (nSPS) is 12.9. The Bertz CT molecular complexity index is 1040. The van der Waals surface area contributed by atoms with Gasteiger partial charge >= 0.3 is 5.97 Å². The Hall–Kier alpha value is -1.92. The highest BCUT2D eigenvalue weighted by molar-refractivity contribution is 5.76. The Labute approximate surface area is 398 Å². The molecule has 0 heterocycles. The number of unbranched alkanes of at least 4 members (excludes halogenated alkanes) is 35. The number of nitrogens with one attached hydrogen (secondary N) is 1. The average Bonchev–Trinajstić information content (AvgIpc) is 3.29. The average molecular weight is 901 g/mol. The molecule has 0 rings (SSSR count). The van der Waals surface area contributed by atoms with Crippen LogP contribution in [-0.2, 0) is 14.3 Å². The maximum atomic E-state index is 12.5. The quantitative estimate of drug-likeness (QED) is 0.0321. The second-order valence-electron chi connectivity index (χ2n) is 19.3. The first-order valence-corrected chi connectivity index (χ1v) is 28.2. The summed E-state index contributed by atoms with van der Waals surface area (Å²) in [6.45, 7) is 4.85. The highest BCUT2D eigenvalue weighted by Gasteiger charge is 2.20. The van der Waals surface area contributed by atoms with Gasteiger partial charge < -0.3 is 20.3 Å². The summed E-state index contributed by atoms with van der Waals surface area (Å²) in [5.74, 6) is -0.133. The lowest BCUT2D eigenvalue weighted by Crippen LogP contribution is -2.45. The Kier molecular flexibility index (Phi) is 52.1. The van der Waals surface area contributed by atoms with Crippen LogP contribution in [0.2, 0.25) is 0 Å². The fraction of sp³-hybridized carbons (Fsp3) is 0.862. The summed E-state index contributed by atoms with van der Waals surface area (Å²) in [5.41, 5.74) is 0. The molecule has 0 aliphatic heterocycles. The third kappa shape index (κ3) is 49.5. The van der Waals surface area contributed by atoms with E-state index >= 15 is 0 Å². The Balaban J connectivity index is 3.52.